The Labute approximate surface area is 206 Å². The molecule has 0 aliphatic heterocycles. The number of carbonyl (C=O) groups is 2. The molecule has 3 fully saturated rings. The van der Waals surface area contributed by atoms with Gasteiger partial charge in [0.05, 0.1) is 17.8 Å². The third kappa shape index (κ3) is 4.20. The molecule has 0 saturated heterocycles. The molecule has 0 spiro atoms. The van der Waals surface area contributed by atoms with E-state index in [9.17, 15) is 9.59 Å². The van der Waals surface area contributed by atoms with Crippen LogP contribution in [-0.2, 0) is 23.0 Å². The molecule has 0 aromatic carbocycles. The van der Waals surface area contributed by atoms with Crippen molar-refractivity contribution in [2.75, 3.05) is 0 Å². The SMILES string of the molecule is C[C@@H](OC(=O)Cc1c(-c2ccc(C(=O)CC34CC(Cl)(C3)C4)cn2)nnn1C)c1cccnc1Cl. The van der Waals surface area contributed by atoms with E-state index in [1.165, 1.54) is 4.68 Å². The van der Waals surface area contributed by atoms with Crippen LogP contribution in [0.15, 0.2) is 36.7 Å². The third-order valence-electron chi connectivity index (χ3n) is 6.73. The number of ether oxygens (including phenoxy) is 1. The van der Waals surface area contributed by atoms with E-state index in [0.29, 0.717) is 39.8 Å². The lowest BCUT2D eigenvalue weighted by molar-refractivity contribution is -0.147. The molecule has 6 rings (SSSR count). The first-order chi connectivity index (χ1) is 16.2. The first-order valence-corrected chi connectivity index (χ1v) is 11.8. The number of alkyl halides is 1. The number of rotatable bonds is 8. The van der Waals surface area contributed by atoms with Crippen molar-refractivity contribution in [3.05, 3.63) is 58.6 Å². The number of esters is 1. The summed E-state index contributed by atoms with van der Waals surface area (Å²) in [6.45, 7) is 1.74. The molecule has 0 amide bonds. The van der Waals surface area contributed by atoms with Crippen LogP contribution in [0.2, 0.25) is 5.15 Å². The summed E-state index contributed by atoms with van der Waals surface area (Å²) in [6.07, 6.45) is 5.79. The molecule has 176 valence electrons. The number of hydrogen-bond donors (Lipinski definition) is 0. The highest BCUT2D eigenvalue weighted by Crippen LogP contribution is 2.72. The second kappa shape index (κ2) is 8.43. The number of halogens is 2. The fourth-order valence-corrected chi connectivity index (χ4v) is 6.23. The number of ketones is 1. The highest BCUT2D eigenvalue weighted by atomic mass is 35.5. The summed E-state index contributed by atoms with van der Waals surface area (Å²) in [5, 5.41) is 8.51. The number of aromatic nitrogens is 5. The van der Waals surface area contributed by atoms with Crippen molar-refractivity contribution in [3.63, 3.8) is 0 Å². The van der Waals surface area contributed by atoms with Crippen LogP contribution in [0.25, 0.3) is 11.4 Å². The number of hydrogen-bond acceptors (Lipinski definition) is 7. The molecule has 0 radical (unpaired) electrons. The number of pyridine rings is 2. The standard InChI is InChI=1S/C24H23Cl2N5O3/c1-14(16-4-3-7-27-22(16)25)34-20(33)8-18-21(29-30-31(18)2)17-6-5-15(10-28-17)19(32)9-23-11-24(26,12-23)13-23/h3-7,10,14H,8-9,11-13H2,1-2H3/t14-,23?,24?/m1/s1. The zero-order chi connectivity index (χ0) is 24.1. The average molecular weight is 500 g/mol. The Kier molecular flexibility index (Phi) is 5.68. The number of Topliss-reactive ketones (excluding diaryl/α,β-unsaturated/α-hetero) is 1. The van der Waals surface area contributed by atoms with Gasteiger partial charge in [0.1, 0.15) is 17.0 Å². The Bertz CT molecular complexity index is 1250. The van der Waals surface area contributed by atoms with Gasteiger partial charge in [-0.1, -0.05) is 22.9 Å². The summed E-state index contributed by atoms with van der Waals surface area (Å²) in [5.74, 6) is -0.384. The fourth-order valence-electron chi connectivity index (χ4n) is 5.10. The molecular weight excluding hydrogens is 477 g/mol. The highest BCUT2D eigenvalue weighted by Gasteiger charge is 2.67. The van der Waals surface area contributed by atoms with E-state index in [4.69, 9.17) is 27.9 Å². The van der Waals surface area contributed by atoms with E-state index < -0.39 is 12.1 Å². The minimum Gasteiger partial charge on any atom is -0.457 e. The van der Waals surface area contributed by atoms with Gasteiger partial charge < -0.3 is 4.74 Å². The van der Waals surface area contributed by atoms with Gasteiger partial charge in [-0.2, -0.15) is 0 Å². The van der Waals surface area contributed by atoms with Gasteiger partial charge in [-0.25, -0.2) is 4.98 Å². The Morgan fingerprint density at radius 1 is 1.21 bits per heavy atom. The normalized spacial score (nSPS) is 23.5. The summed E-state index contributed by atoms with van der Waals surface area (Å²) in [5.41, 5.74) is 2.83. The third-order valence-corrected chi connectivity index (χ3v) is 7.44. The van der Waals surface area contributed by atoms with Crippen LogP contribution in [0.3, 0.4) is 0 Å². The lowest BCUT2D eigenvalue weighted by Gasteiger charge is -2.67. The van der Waals surface area contributed by atoms with Crippen molar-refractivity contribution in [2.24, 2.45) is 12.5 Å². The summed E-state index contributed by atoms with van der Waals surface area (Å²) in [4.78, 5) is 33.7. The van der Waals surface area contributed by atoms with E-state index in [1.54, 1.807) is 50.6 Å². The van der Waals surface area contributed by atoms with Crippen molar-refractivity contribution in [1.82, 2.24) is 25.0 Å². The van der Waals surface area contributed by atoms with Gasteiger partial charge in [-0.15, -0.1) is 16.7 Å². The summed E-state index contributed by atoms with van der Waals surface area (Å²) in [6, 6.07) is 6.97. The van der Waals surface area contributed by atoms with Crippen LogP contribution in [0.1, 0.15) is 60.3 Å². The molecule has 1 atom stereocenters. The molecule has 10 heteroatoms. The van der Waals surface area contributed by atoms with Crippen LogP contribution in [0.4, 0.5) is 0 Å². The lowest BCUT2D eigenvalue weighted by Crippen LogP contribution is -2.64. The maximum Gasteiger partial charge on any atom is 0.312 e. The van der Waals surface area contributed by atoms with Crippen LogP contribution >= 0.6 is 23.2 Å². The minimum atomic E-state index is -0.559. The van der Waals surface area contributed by atoms with E-state index in [1.807, 2.05) is 0 Å². The predicted molar refractivity (Wildman–Crippen MR) is 126 cm³/mol. The smallest absolute Gasteiger partial charge is 0.312 e. The number of nitrogens with zero attached hydrogens (tertiary/aromatic N) is 5. The summed E-state index contributed by atoms with van der Waals surface area (Å²) in [7, 11) is 1.70. The van der Waals surface area contributed by atoms with Gasteiger partial charge >= 0.3 is 5.97 Å². The molecule has 3 heterocycles. The molecule has 3 saturated carbocycles. The van der Waals surface area contributed by atoms with Crippen molar-refractivity contribution >= 4 is 35.0 Å². The lowest BCUT2D eigenvalue weighted by atomic mass is 9.42. The molecule has 3 aromatic rings. The molecule has 3 aromatic heterocycles. The quantitative estimate of drug-likeness (QED) is 0.194. The maximum atomic E-state index is 12.7. The molecule has 2 bridgehead atoms. The van der Waals surface area contributed by atoms with Crippen LogP contribution in [-0.4, -0.2) is 41.6 Å². The fraction of sp³-hybridized carbons (Fsp3) is 0.417. The second-order valence-electron chi connectivity index (χ2n) is 9.41. The van der Waals surface area contributed by atoms with Gasteiger partial charge in [0.25, 0.3) is 0 Å². The molecule has 0 unspecified atom stereocenters. The first-order valence-electron chi connectivity index (χ1n) is 11.0. The van der Waals surface area contributed by atoms with Crippen LogP contribution in [0, 0.1) is 5.41 Å². The topological polar surface area (TPSA) is 99.9 Å². The summed E-state index contributed by atoms with van der Waals surface area (Å²) < 4.78 is 7.07. The van der Waals surface area contributed by atoms with Gasteiger partial charge in [0.2, 0.25) is 0 Å². The Hall–Kier alpha value is -2.84. The van der Waals surface area contributed by atoms with Gasteiger partial charge in [-0.05, 0) is 49.8 Å². The van der Waals surface area contributed by atoms with Gasteiger partial charge in [0, 0.05) is 41.9 Å². The zero-order valence-electron chi connectivity index (χ0n) is 18.8. The molecule has 0 N–H and O–H groups in total. The molecule has 8 nitrogen and oxygen atoms in total. The van der Waals surface area contributed by atoms with Crippen molar-refractivity contribution in [2.45, 2.75) is 50.0 Å². The minimum absolute atomic E-state index is 0.0477. The zero-order valence-corrected chi connectivity index (χ0v) is 20.3. The molecule has 3 aliphatic rings. The van der Waals surface area contributed by atoms with Crippen LogP contribution < -0.4 is 0 Å². The van der Waals surface area contributed by atoms with E-state index in [0.717, 1.165) is 19.3 Å². The van der Waals surface area contributed by atoms with Gasteiger partial charge in [-0.3, -0.25) is 19.3 Å². The largest absolute Gasteiger partial charge is 0.457 e. The highest BCUT2D eigenvalue weighted by molar-refractivity contribution is 6.30. The van der Waals surface area contributed by atoms with E-state index in [-0.39, 0.29) is 22.5 Å². The Morgan fingerprint density at radius 3 is 2.62 bits per heavy atom. The Balaban J connectivity index is 1.26. The van der Waals surface area contributed by atoms with Gasteiger partial charge in [0.15, 0.2) is 5.78 Å². The average Bonchev–Trinajstić information content (AvgIpc) is 3.12. The van der Waals surface area contributed by atoms with E-state index >= 15 is 0 Å². The second-order valence-corrected chi connectivity index (χ2v) is 10.6. The first kappa shape index (κ1) is 22.9. The molecule has 34 heavy (non-hydrogen) atoms. The van der Waals surface area contributed by atoms with E-state index in [2.05, 4.69) is 20.3 Å². The number of carbonyl (C=O) groups excluding carboxylic acids is 2. The summed E-state index contributed by atoms with van der Waals surface area (Å²) >= 11 is 12.4. The predicted octanol–water partition coefficient (Wildman–Crippen LogP) is 4.51. The number of aryl methyl sites for hydroxylation is 1. The molecule has 3 aliphatic carbocycles. The van der Waals surface area contributed by atoms with Crippen molar-refractivity contribution in [1.29, 1.82) is 0 Å². The van der Waals surface area contributed by atoms with Crippen molar-refractivity contribution < 1.29 is 14.3 Å². The molecular formula is C24H23Cl2N5O3. The Morgan fingerprint density at radius 2 is 1.97 bits per heavy atom. The van der Waals surface area contributed by atoms with Crippen molar-refractivity contribution in [3.8, 4) is 11.4 Å². The van der Waals surface area contributed by atoms with Crippen LogP contribution in [0.5, 0.6) is 0 Å². The maximum absolute atomic E-state index is 12.7. The monoisotopic (exact) mass is 499 g/mol.